The van der Waals surface area contributed by atoms with Gasteiger partial charge in [0.15, 0.2) is 15.8 Å². The molecule has 1 amide bonds. The van der Waals surface area contributed by atoms with Crippen LogP contribution in [0.15, 0.2) is 22.0 Å². The molecule has 0 aromatic heterocycles. The van der Waals surface area contributed by atoms with Crippen molar-refractivity contribution in [3.05, 3.63) is 29.1 Å². The van der Waals surface area contributed by atoms with E-state index in [9.17, 15) is 17.6 Å². The van der Waals surface area contributed by atoms with Crippen LogP contribution in [0.5, 0.6) is 0 Å². The molecule has 0 radical (unpaired) electrons. The van der Waals surface area contributed by atoms with Crippen LogP contribution in [0.3, 0.4) is 0 Å². The van der Waals surface area contributed by atoms with E-state index in [0.29, 0.717) is 0 Å². The molecule has 0 atom stereocenters. The standard InChI is InChI=1S/C10H12FN3O3S/c1-5-3-7(11)6(9(15)14-10(12)13)4-8(5)18(2,16)17/h3-4H,1-2H3,(H4,12,13,14,15). The van der Waals surface area contributed by atoms with Gasteiger partial charge in [-0.15, -0.1) is 0 Å². The molecule has 6 nitrogen and oxygen atoms in total. The first-order chi connectivity index (χ1) is 8.12. The molecule has 1 aromatic rings. The number of hydrogen-bond donors (Lipinski definition) is 2. The first-order valence-corrected chi connectivity index (χ1v) is 6.66. The van der Waals surface area contributed by atoms with E-state index in [1.807, 2.05) is 0 Å². The summed E-state index contributed by atoms with van der Waals surface area (Å²) in [4.78, 5) is 14.5. The molecule has 0 spiro atoms. The van der Waals surface area contributed by atoms with Crippen LogP contribution in [-0.2, 0) is 9.84 Å². The second kappa shape index (κ2) is 4.73. The second-order valence-electron chi connectivity index (χ2n) is 3.71. The Labute approximate surface area is 103 Å². The number of hydrogen-bond acceptors (Lipinski definition) is 3. The van der Waals surface area contributed by atoms with Crippen molar-refractivity contribution >= 4 is 21.7 Å². The van der Waals surface area contributed by atoms with Gasteiger partial charge in [-0.25, -0.2) is 12.8 Å². The number of halogens is 1. The molecular formula is C10H12FN3O3S. The van der Waals surface area contributed by atoms with Crippen molar-refractivity contribution in [2.75, 3.05) is 6.26 Å². The minimum absolute atomic E-state index is 0.141. The van der Waals surface area contributed by atoms with E-state index in [-0.39, 0.29) is 10.5 Å². The van der Waals surface area contributed by atoms with Crippen LogP contribution < -0.4 is 11.5 Å². The van der Waals surface area contributed by atoms with E-state index in [1.54, 1.807) is 0 Å². The molecule has 8 heteroatoms. The number of amides is 1. The normalized spacial score (nSPS) is 11.1. The van der Waals surface area contributed by atoms with E-state index >= 15 is 0 Å². The average molecular weight is 273 g/mol. The summed E-state index contributed by atoms with van der Waals surface area (Å²) in [6.07, 6.45) is 0.960. The molecule has 0 saturated heterocycles. The number of aliphatic imine (C=N–C) groups is 1. The lowest BCUT2D eigenvalue weighted by Gasteiger charge is -2.06. The van der Waals surface area contributed by atoms with Crippen molar-refractivity contribution in [2.24, 2.45) is 16.5 Å². The van der Waals surface area contributed by atoms with Crippen molar-refractivity contribution in [3.63, 3.8) is 0 Å². The average Bonchev–Trinajstić information content (AvgIpc) is 2.13. The van der Waals surface area contributed by atoms with Crippen molar-refractivity contribution in [2.45, 2.75) is 11.8 Å². The fourth-order valence-electron chi connectivity index (χ4n) is 1.39. The predicted octanol–water partition coefficient (Wildman–Crippen LogP) is -0.0488. The van der Waals surface area contributed by atoms with Gasteiger partial charge in [0.2, 0.25) is 0 Å². The lowest BCUT2D eigenvalue weighted by Crippen LogP contribution is -2.24. The highest BCUT2D eigenvalue weighted by molar-refractivity contribution is 7.90. The van der Waals surface area contributed by atoms with E-state index in [1.165, 1.54) is 6.92 Å². The Morgan fingerprint density at radius 3 is 2.33 bits per heavy atom. The number of guanidine groups is 1. The Kier molecular flexibility index (Phi) is 3.70. The lowest BCUT2D eigenvalue weighted by molar-refractivity contribution is 0.0998. The third-order valence-corrected chi connectivity index (χ3v) is 3.36. The van der Waals surface area contributed by atoms with Gasteiger partial charge < -0.3 is 11.5 Å². The van der Waals surface area contributed by atoms with E-state index in [2.05, 4.69) is 4.99 Å². The van der Waals surface area contributed by atoms with Crippen LogP contribution in [0.1, 0.15) is 15.9 Å². The molecule has 0 saturated carbocycles. The maximum absolute atomic E-state index is 13.6. The number of sulfone groups is 1. The van der Waals surface area contributed by atoms with Gasteiger partial charge in [0.05, 0.1) is 10.5 Å². The number of carbonyl (C=O) groups excluding carboxylic acids is 1. The van der Waals surface area contributed by atoms with Crippen molar-refractivity contribution in [1.82, 2.24) is 0 Å². The molecule has 0 aliphatic carbocycles. The van der Waals surface area contributed by atoms with E-state index in [0.717, 1.165) is 18.4 Å². The van der Waals surface area contributed by atoms with Crippen molar-refractivity contribution < 1.29 is 17.6 Å². The largest absolute Gasteiger partial charge is 0.370 e. The van der Waals surface area contributed by atoms with Gasteiger partial charge in [0.25, 0.3) is 5.91 Å². The third kappa shape index (κ3) is 3.04. The summed E-state index contributed by atoms with van der Waals surface area (Å²) < 4.78 is 36.4. The zero-order valence-electron chi connectivity index (χ0n) is 9.77. The highest BCUT2D eigenvalue weighted by Crippen LogP contribution is 2.20. The lowest BCUT2D eigenvalue weighted by atomic mass is 10.1. The van der Waals surface area contributed by atoms with Gasteiger partial charge in [-0.3, -0.25) is 4.79 Å². The summed E-state index contributed by atoms with van der Waals surface area (Å²) in [6, 6.07) is 1.88. The molecule has 0 aliphatic heterocycles. The number of benzene rings is 1. The van der Waals surface area contributed by atoms with Gasteiger partial charge in [-0.05, 0) is 24.6 Å². The Hall–Kier alpha value is -1.96. The van der Waals surface area contributed by atoms with Crippen LogP contribution in [0, 0.1) is 12.7 Å². The first-order valence-electron chi connectivity index (χ1n) is 4.77. The van der Waals surface area contributed by atoms with Gasteiger partial charge in [0.1, 0.15) is 5.82 Å². The van der Waals surface area contributed by atoms with Crippen LogP contribution in [0.2, 0.25) is 0 Å². The molecule has 98 valence electrons. The zero-order valence-corrected chi connectivity index (χ0v) is 10.6. The van der Waals surface area contributed by atoms with Gasteiger partial charge in [-0.1, -0.05) is 0 Å². The smallest absolute Gasteiger partial charge is 0.283 e. The summed E-state index contributed by atoms with van der Waals surface area (Å²) in [7, 11) is -3.56. The quantitative estimate of drug-likeness (QED) is 0.445. The highest BCUT2D eigenvalue weighted by Gasteiger charge is 2.19. The van der Waals surface area contributed by atoms with Crippen LogP contribution in [0.4, 0.5) is 4.39 Å². The third-order valence-electron chi connectivity index (χ3n) is 2.13. The SMILES string of the molecule is Cc1cc(F)c(C(=O)N=C(N)N)cc1S(C)(=O)=O. The topological polar surface area (TPSA) is 116 Å². The van der Waals surface area contributed by atoms with E-state index < -0.39 is 33.1 Å². The number of carbonyl (C=O) groups is 1. The van der Waals surface area contributed by atoms with Crippen LogP contribution in [-0.4, -0.2) is 26.5 Å². The summed E-state index contributed by atoms with van der Waals surface area (Å²) in [5, 5.41) is 0. The van der Waals surface area contributed by atoms with E-state index in [4.69, 9.17) is 11.5 Å². The number of nitrogens with zero attached hydrogens (tertiary/aromatic N) is 1. The van der Waals surface area contributed by atoms with Crippen molar-refractivity contribution in [1.29, 1.82) is 0 Å². The minimum atomic E-state index is -3.56. The predicted molar refractivity (Wildman–Crippen MR) is 64.4 cm³/mol. The minimum Gasteiger partial charge on any atom is -0.370 e. The Morgan fingerprint density at radius 1 is 1.33 bits per heavy atom. The maximum Gasteiger partial charge on any atom is 0.283 e. The Balaban J connectivity index is 3.49. The Bertz CT molecular complexity index is 634. The molecule has 4 N–H and O–H groups in total. The first kappa shape index (κ1) is 14.1. The summed E-state index contributed by atoms with van der Waals surface area (Å²) in [6.45, 7) is 1.42. The van der Waals surface area contributed by atoms with Crippen LogP contribution in [0.25, 0.3) is 0 Å². The summed E-state index contributed by atoms with van der Waals surface area (Å²) in [5.74, 6) is -2.44. The fourth-order valence-corrected chi connectivity index (χ4v) is 2.37. The molecule has 1 rings (SSSR count). The molecule has 0 fully saturated rings. The molecule has 0 aliphatic rings. The number of rotatable bonds is 2. The Morgan fingerprint density at radius 2 is 1.89 bits per heavy atom. The monoisotopic (exact) mass is 273 g/mol. The highest BCUT2D eigenvalue weighted by atomic mass is 32.2. The summed E-state index contributed by atoms with van der Waals surface area (Å²) >= 11 is 0. The van der Waals surface area contributed by atoms with Gasteiger partial charge in [-0.2, -0.15) is 4.99 Å². The molecule has 18 heavy (non-hydrogen) atoms. The van der Waals surface area contributed by atoms with Gasteiger partial charge >= 0.3 is 0 Å². The molecule has 1 aromatic carbocycles. The number of aryl methyl sites for hydroxylation is 1. The molecule has 0 heterocycles. The molecule has 0 unspecified atom stereocenters. The fraction of sp³-hybridized carbons (Fsp3) is 0.200. The molecule has 0 bridgehead atoms. The van der Waals surface area contributed by atoms with Gasteiger partial charge in [0, 0.05) is 6.26 Å². The maximum atomic E-state index is 13.6. The second-order valence-corrected chi connectivity index (χ2v) is 5.70. The summed E-state index contributed by atoms with van der Waals surface area (Å²) in [5.41, 5.74) is 9.72. The molecular weight excluding hydrogens is 261 g/mol. The zero-order chi connectivity index (χ0) is 14.1. The van der Waals surface area contributed by atoms with Crippen LogP contribution >= 0.6 is 0 Å². The van der Waals surface area contributed by atoms with Crippen molar-refractivity contribution in [3.8, 4) is 0 Å². The number of nitrogens with two attached hydrogens (primary N) is 2.